The lowest BCUT2D eigenvalue weighted by molar-refractivity contribution is -0.149. The molecule has 0 saturated heterocycles. The Hall–Kier alpha value is -3.75. The molecule has 0 spiro atoms. The maximum absolute atomic E-state index is 12.5. The third-order valence-electron chi connectivity index (χ3n) is 4.63. The first kappa shape index (κ1) is 18.6. The number of hydrogen-bond donors (Lipinski definition) is 0. The zero-order valence-electron chi connectivity index (χ0n) is 16.0. The van der Waals surface area contributed by atoms with Crippen LogP contribution in [-0.2, 0) is 16.1 Å². The number of carbonyl (C=O) groups excluding carboxylic acids is 3. The number of aromatic nitrogens is 2. The van der Waals surface area contributed by atoms with E-state index in [1.165, 1.54) is 6.92 Å². The number of carbonyl (C=O) groups is 3. The number of imide groups is 1. The Balaban J connectivity index is 1.42. The van der Waals surface area contributed by atoms with Gasteiger partial charge in [-0.3, -0.25) is 14.5 Å². The molecule has 29 heavy (non-hydrogen) atoms. The molecule has 2 amide bonds. The Kier molecular flexibility index (Phi) is 4.50. The molecule has 0 radical (unpaired) electrons. The van der Waals surface area contributed by atoms with Crippen LogP contribution >= 0.6 is 0 Å². The van der Waals surface area contributed by atoms with Crippen molar-refractivity contribution in [2.75, 3.05) is 0 Å². The minimum atomic E-state index is -1.09. The number of nitrogens with zero attached hydrogens (tertiary/aromatic N) is 3. The van der Waals surface area contributed by atoms with Crippen molar-refractivity contribution in [3.8, 4) is 11.5 Å². The van der Waals surface area contributed by atoms with Gasteiger partial charge in [-0.15, -0.1) is 10.2 Å². The largest absolute Gasteiger partial charge is 0.466 e. The van der Waals surface area contributed by atoms with E-state index < -0.39 is 23.8 Å². The van der Waals surface area contributed by atoms with Crippen LogP contribution in [0.25, 0.3) is 11.5 Å². The highest BCUT2D eigenvalue weighted by Crippen LogP contribution is 2.26. The van der Waals surface area contributed by atoms with E-state index in [1.54, 1.807) is 44.2 Å². The van der Waals surface area contributed by atoms with Gasteiger partial charge in [0.25, 0.3) is 23.6 Å². The second-order valence-electron chi connectivity index (χ2n) is 6.64. The molecule has 0 fully saturated rings. The number of benzene rings is 1. The smallest absolute Gasteiger partial charge is 0.329 e. The van der Waals surface area contributed by atoms with Crippen LogP contribution in [0.4, 0.5) is 0 Å². The summed E-state index contributed by atoms with van der Waals surface area (Å²) in [6.07, 6.45) is 0. The molecule has 3 aromatic rings. The van der Waals surface area contributed by atoms with Crippen LogP contribution in [0.15, 0.2) is 39.2 Å². The number of furan rings is 1. The van der Waals surface area contributed by atoms with E-state index in [2.05, 4.69) is 10.2 Å². The number of amides is 2. The lowest BCUT2D eigenvalue weighted by Gasteiger charge is -2.20. The van der Waals surface area contributed by atoms with Crippen LogP contribution in [0.2, 0.25) is 0 Å². The van der Waals surface area contributed by atoms with Crippen molar-refractivity contribution in [2.24, 2.45) is 0 Å². The fourth-order valence-corrected chi connectivity index (χ4v) is 3.18. The van der Waals surface area contributed by atoms with Crippen molar-refractivity contribution < 1.29 is 28.0 Å². The van der Waals surface area contributed by atoms with Gasteiger partial charge in [-0.05, 0) is 39.0 Å². The number of fused-ring (bicyclic) bond motifs is 1. The van der Waals surface area contributed by atoms with E-state index in [0.717, 1.165) is 4.90 Å². The molecule has 1 atom stereocenters. The van der Waals surface area contributed by atoms with Crippen LogP contribution in [0.3, 0.4) is 0 Å². The fraction of sp³-hybridized carbons (Fsp3) is 0.250. The maximum atomic E-state index is 12.5. The molecule has 3 heterocycles. The SMILES string of the molecule is Cc1cc(-c2nnc(COC(=O)[C@H](C)N3C(=O)c4ccccc4C3=O)o2)c(C)o1. The van der Waals surface area contributed by atoms with E-state index in [1.807, 2.05) is 0 Å². The summed E-state index contributed by atoms with van der Waals surface area (Å²) < 4.78 is 16.1. The molecule has 9 nitrogen and oxygen atoms in total. The summed E-state index contributed by atoms with van der Waals surface area (Å²) in [5.41, 5.74) is 1.20. The first-order valence-electron chi connectivity index (χ1n) is 8.90. The van der Waals surface area contributed by atoms with E-state index in [4.69, 9.17) is 13.6 Å². The third kappa shape index (κ3) is 3.20. The summed E-state index contributed by atoms with van der Waals surface area (Å²) in [6.45, 7) is 4.72. The molecule has 1 aromatic carbocycles. The highest BCUT2D eigenvalue weighted by Gasteiger charge is 2.41. The number of aryl methyl sites for hydroxylation is 2. The van der Waals surface area contributed by atoms with Gasteiger partial charge in [0.15, 0.2) is 6.61 Å². The van der Waals surface area contributed by atoms with Crippen LogP contribution < -0.4 is 0 Å². The highest BCUT2D eigenvalue weighted by atomic mass is 16.5. The van der Waals surface area contributed by atoms with Crippen LogP contribution in [-0.4, -0.2) is 38.9 Å². The van der Waals surface area contributed by atoms with Gasteiger partial charge in [0.2, 0.25) is 0 Å². The molecule has 1 aliphatic heterocycles. The second-order valence-corrected chi connectivity index (χ2v) is 6.64. The zero-order chi connectivity index (χ0) is 20.7. The van der Waals surface area contributed by atoms with Gasteiger partial charge in [-0.25, -0.2) is 4.79 Å². The molecule has 0 N–H and O–H groups in total. The number of rotatable bonds is 5. The summed E-state index contributed by atoms with van der Waals surface area (Å²) in [5.74, 6) is -0.135. The average molecular weight is 395 g/mol. The van der Waals surface area contributed by atoms with Crippen LogP contribution in [0.5, 0.6) is 0 Å². The van der Waals surface area contributed by atoms with Gasteiger partial charge in [0.05, 0.1) is 16.7 Å². The van der Waals surface area contributed by atoms with Crippen molar-refractivity contribution >= 4 is 17.8 Å². The number of ether oxygens (including phenoxy) is 1. The highest BCUT2D eigenvalue weighted by molar-refractivity contribution is 6.22. The molecule has 0 unspecified atom stereocenters. The molecule has 9 heteroatoms. The Morgan fingerprint density at radius 3 is 2.31 bits per heavy atom. The Labute approximate surface area is 165 Å². The predicted octanol–water partition coefficient (Wildman–Crippen LogP) is 2.67. The fourth-order valence-electron chi connectivity index (χ4n) is 3.18. The third-order valence-corrected chi connectivity index (χ3v) is 4.63. The molecule has 0 aliphatic carbocycles. The van der Waals surface area contributed by atoms with Gasteiger partial charge in [0.1, 0.15) is 17.6 Å². The predicted molar refractivity (Wildman–Crippen MR) is 97.7 cm³/mol. The first-order valence-corrected chi connectivity index (χ1v) is 8.90. The van der Waals surface area contributed by atoms with Gasteiger partial charge in [-0.2, -0.15) is 0 Å². The van der Waals surface area contributed by atoms with Crippen molar-refractivity contribution in [2.45, 2.75) is 33.4 Å². The summed E-state index contributed by atoms with van der Waals surface area (Å²) in [6, 6.07) is 7.09. The summed E-state index contributed by atoms with van der Waals surface area (Å²) in [5, 5.41) is 7.78. The van der Waals surface area contributed by atoms with E-state index in [0.29, 0.717) is 17.1 Å². The standard InChI is InChI=1S/C20H17N3O6/c1-10-8-15(12(3)28-10)17-22-21-16(29-17)9-27-20(26)11(2)23-18(24)13-6-4-5-7-14(13)19(23)25/h4-8,11H,9H2,1-3H3/t11-/m0/s1. The van der Waals surface area contributed by atoms with Crippen LogP contribution in [0, 0.1) is 13.8 Å². The summed E-state index contributed by atoms with van der Waals surface area (Å²) in [4.78, 5) is 38.2. The van der Waals surface area contributed by atoms with E-state index in [9.17, 15) is 14.4 Å². The minimum Gasteiger partial charge on any atom is -0.466 e. The second kappa shape index (κ2) is 7.01. The topological polar surface area (TPSA) is 116 Å². The summed E-state index contributed by atoms with van der Waals surface area (Å²) in [7, 11) is 0. The van der Waals surface area contributed by atoms with E-state index >= 15 is 0 Å². The number of esters is 1. The molecule has 1 aliphatic rings. The quantitative estimate of drug-likeness (QED) is 0.478. The monoisotopic (exact) mass is 395 g/mol. The first-order chi connectivity index (χ1) is 13.9. The lowest BCUT2D eigenvalue weighted by Crippen LogP contribution is -2.43. The molecular formula is C20H17N3O6. The molecule has 0 saturated carbocycles. The van der Waals surface area contributed by atoms with Gasteiger partial charge in [-0.1, -0.05) is 12.1 Å². The van der Waals surface area contributed by atoms with Crippen molar-refractivity contribution in [1.29, 1.82) is 0 Å². The maximum Gasteiger partial charge on any atom is 0.329 e. The van der Waals surface area contributed by atoms with Crippen molar-refractivity contribution in [3.63, 3.8) is 0 Å². The average Bonchev–Trinajstić information content (AvgIpc) is 3.37. The Bertz CT molecular complexity index is 1090. The van der Waals surface area contributed by atoms with Gasteiger partial charge >= 0.3 is 5.97 Å². The minimum absolute atomic E-state index is 0.0844. The van der Waals surface area contributed by atoms with Crippen molar-refractivity contribution in [3.05, 3.63) is 58.9 Å². The van der Waals surface area contributed by atoms with Crippen molar-refractivity contribution in [1.82, 2.24) is 15.1 Å². The Morgan fingerprint density at radius 2 is 1.72 bits per heavy atom. The zero-order valence-corrected chi connectivity index (χ0v) is 16.0. The van der Waals surface area contributed by atoms with E-state index in [-0.39, 0.29) is 29.5 Å². The Morgan fingerprint density at radius 1 is 1.07 bits per heavy atom. The van der Waals surface area contributed by atoms with Gasteiger partial charge in [0, 0.05) is 0 Å². The summed E-state index contributed by atoms with van der Waals surface area (Å²) >= 11 is 0. The molecule has 4 rings (SSSR count). The molecule has 148 valence electrons. The normalized spacial score (nSPS) is 14.2. The molecular weight excluding hydrogens is 378 g/mol. The molecule has 0 bridgehead atoms. The lowest BCUT2D eigenvalue weighted by atomic mass is 10.1. The van der Waals surface area contributed by atoms with Crippen LogP contribution in [0.1, 0.15) is 45.1 Å². The van der Waals surface area contributed by atoms with Gasteiger partial charge < -0.3 is 13.6 Å². The molecule has 2 aromatic heterocycles. The number of hydrogen-bond acceptors (Lipinski definition) is 8.